The minimum absolute atomic E-state index is 0.333. The normalized spacial score (nSPS) is 9.56. The first-order chi connectivity index (χ1) is 8.70. The molecule has 1 aromatic carbocycles. The highest BCUT2D eigenvalue weighted by Gasteiger charge is 2.02. The molecule has 0 spiro atoms. The summed E-state index contributed by atoms with van der Waals surface area (Å²) in [7, 11) is 0. The SMILES string of the molecule is N#Cc1ccc(Nc2ccccnc2=O)cc1Br. The summed E-state index contributed by atoms with van der Waals surface area (Å²) in [6.45, 7) is 0. The molecule has 0 aliphatic heterocycles. The van der Waals surface area contributed by atoms with Crippen molar-refractivity contribution in [2.24, 2.45) is 0 Å². The molecule has 0 saturated heterocycles. The van der Waals surface area contributed by atoms with E-state index in [9.17, 15) is 4.79 Å². The van der Waals surface area contributed by atoms with E-state index in [0.29, 0.717) is 21.4 Å². The molecule has 2 aromatic rings. The number of nitrogens with zero attached hydrogens (tertiary/aromatic N) is 2. The van der Waals surface area contributed by atoms with Crippen molar-refractivity contribution in [1.29, 1.82) is 5.26 Å². The Labute approximate surface area is 112 Å². The van der Waals surface area contributed by atoms with Crippen molar-refractivity contribution in [3.05, 3.63) is 63.0 Å². The predicted octanol–water partition coefficient (Wildman–Crippen LogP) is 2.82. The average Bonchev–Trinajstić information content (AvgIpc) is 2.55. The quantitative estimate of drug-likeness (QED) is 0.926. The maximum Gasteiger partial charge on any atom is 0.293 e. The van der Waals surface area contributed by atoms with Crippen LogP contribution in [0.5, 0.6) is 0 Å². The Bertz CT molecular complexity index is 680. The van der Waals surface area contributed by atoms with E-state index in [2.05, 4.69) is 32.3 Å². The molecule has 0 aliphatic carbocycles. The summed E-state index contributed by atoms with van der Waals surface area (Å²) in [5.41, 5.74) is 1.31. The smallest absolute Gasteiger partial charge is 0.293 e. The van der Waals surface area contributed by atoms with Gasteiger partial charge in [-0.05, 0) is 46.3 Å². The molecule has 0 saturated carbocycles. The molecule has 1 heterocycles. The van der Waals surface area contributed by atoms with Gasteiger partial charge >= 0.3 is 0 Å². The molecule has 0 bridgehead atoms. The summed E-state index contributed by atoms with van der Waals surface area (Å²) in [5.74, 6) is 0. The lowest BCUT2D eigenvalue weighted by Gasteiger charge is -2.04. The van der Waals surface area contributed by atoms with Gasteiger partial charge in [-0.15, -0.1) is 0 Å². The van der Waals surface area contributed by atoms with E-state index >= 15 is 0 Å². The number of aromatic nitrogens is 1. The average molecular weight is 302 g/mol. The van der Waals surface area contributed by atoms with Crippen molar-refractivity contribution >= 4 is 27.3 Å². The second-order valence-corrected chi connectivity index (χ2v) is 4.33. The van der Waals surface area contributed by atoms with Gasteiger partial charge in [-0.3, -0.25) is 4.79 Å². The molecule has 1 aromatic heterocycles. The van der Waals surface area contributed by atoms with Crippen molar-refractivity contribution in [2.75, 3.05) is 5.32 Å². The van der Waals surface area contributed by atoms with E-state index in [1.165, 1.54) is 6.20 Å². The maximum absolute atomic E-state index is 11.6. The minimum Gasteiger partial charge on any atom is -0.351 e. The topological polar surface area (TPSA) is 65.8 Å². The Balaban J connectivity index is 2.36. The number of rotatable bonds is 2. The van der Waals surface area contributed by atoms with Crippen LogP contribution in [-0.2, 0) is 0 Å². The number of nitrogens with one attached hydrogen (secondary N) is 1. The van der Waals surface area contributed by atoms with Crippen LogP contribution in [0.15, 0.2) is 51.9 Å². The van der Waals surface area contributed by atoms with Crippen molar-refractivity contribution in [2.45, 2.75) is 0 Å². The molecule has 18 heavy (non-hydrogen) atoms. The van der Waals surface area contributed by atoms with Gasteiger partial charge in [0, 0.05) is 16.4 Å². The number of nitriles is 1. The molecule has 0 fully saturated rings. The van der Waals surface area contributed by atoms with Gasteiger partial charge in [-0.1, -0.05) is 6.07 Å². The van der Waals surface area contributed by atoms with Crippen LogP contribution >= 0.6 is 15.9 Å². The number of hydrogen-bond acceptors (Lipinski definition) is 4. The first-order valence-electron chi connectivity index (χ1n) is 5.13. The fourth-order valence-electron chi connectivity index (χ4n) is 1.39. The second kappa shape index (κ2) is 5.43. The minimum atomic E-state index is -0.333. The Morgan fingerprint density at radius 1 is 1.28 bits per heavy atom. The number of hydrogen-bond donors (Lipinski definition) is 1. The third kappa shape index (κ3) is 2.73. The highest BCUT2D eigenvalue weighted by Crippen LogP contribution is 2.22. The zero-order valence-corrected chi connectivity index (χ0v) is 10.8. The molecular formula is C13H8BrN3O. The second-order valence-electron chi connectivity index (χ2n) is 3.48. The van der Waals surface area contributed by atoms with Crippen molar-refractivity contribution < 1.29 is 0 Å². The first kappa shape index (κ1) is 12.3. The van der Waals surface area contributed by atoms with Crippen molar-refractivity contribution in [1.82, 2.24) is 4.98 Å². The van der Waals surface area contributed by atoms with Gasteiger partial charge in [0.1, 0.15) is 11.8 Å². The lowest BCUT2D eigenvalue weighted by atomic mass is 10.2. The van der Waals surface area contributed by atoms with E-state index in [0.717, 1.165) is 0 Å². The van der Waals surface area contributed by atoms with Gasteiger partial charge in [-0.2, -0.15) is 5.26 Å². The van der Waals surface area contributed by atoms with E-state index in [-0.39, 0.29) is 5.56 Å². The first-order valence-corrected chi connectivity index (χ1v) is 5.92. The molecule has 4 nitrogen and oxygen atoms in total. The summed E-state index contributed by atoms with van der Waals surface area (Å²) in [4.78, 5) is 15.3. The molecule has 0 aliphatic rings. The molecule has 1 N–H and O–H groups in total. The predicted molar refractivity (Wildman–Crippen MR) is 72.6 cm³/mol. The van der Waals surface area contributed by atoms with Gasteiger partial charge in [0.25, 0.3) is 5.56 Å². The van der Waals surface area contributed by atoms with Crippen molar-refractivity contribution in [3.63, 3.8) is 0 Å². The summed E-state index contributed by atoms with van der Waals surface area (Å²) >= 11 is 3.29. The molecule has 2 rings (SSSR count). The van der Waals surface area contributed by atoms with E-state index in [4.69, 9.17) is 5.26 Å². The zero-order chi connectivity index (χ0) is 13.0. The summed E-state index contributed by atoms with van der Waals surface area (Å²) in [5, 5.41) is 11.8. The van der Waals surface area contributed by atoms with Crippen LogP contribution in [0.1, 0.15) is 5.56 Å². The fraction of sp³-hybridized carbons (Fsp3) is 0. The highest BCUT2D eigenvalue weighted by atomic mass is 79.9. The van der Waals surface area contributed by atoms with E-state index < -0.39 is 0 Å². The third-order valence-electron chi connectivity index (χ3n) is 2.25. The Morgan fingerprint density at radius 3 is 2.83 bits per heavy atom. The standard InChI is InChI=1S/C13H8BrN3O/c14-11-7-10(5-4-9(11)8-15)17-12-3-1-2-6-16-13(12)18/h1-7H,(H,16,17,18). The molecule has 0 unspecified atom stereocenters. The third-order valence-corrected chi connectivity index (χ3v) is 2.91. The van der Waals surface area contributed by atoms with Crippen LogP contribution in [0.3, 0.4) is 0 Å². The molecular weight excluding hydrogens is 294 g/mol. The van der Waals surface area contributed by atoms with E-state index in [1.807, 2.05) is 0 Å². The van der Waals surface area contributed by atoms with Crippen LogP contribution in [0.2, 0.25) is 0 Å². The summed E-state index contributed by atoms with van der Waals surface area (Å²) in [6.07, 6.45) is 1.45. The van der Waals surface area contributed by atoms with Crippen LogP contribution in [-0.4, -0.2) is 4.98 Å². The van der Waals surface area contributed by atoms with E-state index in [1.54, 1.807) is 36.4 Å². The monoisotopic (exact) mass is 301 g/mol. The van der Waals surface area contributed by atoms with Crippen LogP contribution < -0.4 is 10.9 Å². The highest BCUT2D eigenvalue weighted by molar-refractivity contribution is 9.10. The lowest BCUT2D eigenvalue weighted by Crippen LogP contribution is -2.07. The van der Waals surface area contributed by atoms with Gasteiger partial charge < -0.3 is 5.32 Å². The lowest BCUT2D eigenvalue weighted by molar-refractivity contribution is 1.27. The molecule has 0 radical (unpaired) electrons. The number of anilines is 2. The van der Waals surface area contributed by atoms with Crippen LogP contribution in [0.4, 0.5) is 11.4 Å². The summed E-state index contributed by atoms with van der Waals surface area (Å²) in [6, 6.07) is 12.3. The van der Waals surface area contributed by atoms with Gasteiger partial charge in [0.2, 0.25) is 0 Å². The van der Waals surface area contributed by atoms with Gasteiger partial charge in [0.05, 0.1) is 5.56 Å². The molecule has 5 heteroatoms. The van der Waals surface area contributed by atoms with Crippen LogP contribution in [0.25, 0.3) is 0 Å². The molecule has 0 atom stereocenters. The zero-order valence-electron chi connectivity index (χ0n) is 9.22. The fourth-order valence-corrected chi connectivity index (χ4v) is 1.85. The summed E-state index contributed by atoms with van der Waals surface area (Å²) < 4.78 is 0.677. The molecule has 88 valence electrons. The van der Waals surface area contributed by atoms with Crippen molar-refractivity contribution in [3.8, 4) is 6.07 Å². The largest absolute Gasteiger partial charge is 0.351 e. The van der Waals surface area contributed by atoms with Gasteiger partial charge in [0.15, 0.2) is 0 Å². The Kier molecular flexibility index (Phi) is 3.70. The number of benzene rings is 1. The molecule has 0 amide bonds. The van der Waals surface area contributed by atoms with Crippen LogP contribution in [0, 0.1) is 11.3 Å². The number of halogens is 1. The van der Waals surface area contributed by atoms with Gasteiger partial charge in [-0.25, -0.2) is 4.98 Å². The Morgan fingerprint density at radius 2 is 2.11 bits per heavy atom. The Hall–Kier alpha value is -2.19. The maximum atomic E-state index is 11.6.